The fourth-order valence-corrected chi connectivity index (χ4v) is 3.09. The topological polar surface area (TPSA) is 89.5 Å². The van der Waals surface area contributed by atoms with Crippen LogP contribution in [-0.2, 0) is 6.54 Å². The van der Waals surface area contributed by atoms with Crippen LogP contribution in [0, 0.1) is 5.82 Å². The van der Waals surface area contributed by atoms with E-state index in [0.717, 1.165) is 0 Å². The summed E-state index contributed by atoms with van der Waals surface area (Å²) in [6.45, 7) is 0.0921. The standard InChI is InChI=1S/C19H12ClFN4O3/c20-13-7-11(1-2-14(13)21)9-25-6-5-24-10-12(15-8-22-3-4-23-15)17(26)18(27)16(24)19(25)28/h1-8,10,27H,9H2. The van der Waals surface area contributed by atoms with Crippen LogP contribution >= 0.6 is 11.6 Å². The van der Waals surface area contributed by atoms with Crippen LogP contribution < -0.4 is 11.0 Å². The Balaban J connectivity index is 1.86. The number of nitrogens with zero attached hydrogens (tertiary/aromatic N) is 4. The first-order valence-electron chi connectivity index (χ1n) is 8.13. The van der Waals surface area contributed by atoms with Crippen molar-refractivity contribution in [3.8, 4) is 17.0 Å². The van der Waals surface area contributed by atoms with Gasteiger partial charge in [0.15, 0.2) is 11.3 Å². The number of fused-ring (bicyclic) bond motifs is 1. The lowest BCUT2D eigenvalue weighted by molar-refractivity contribution is 0.472. The van der Waals surface area contributed by atoms with E-state index in [1.165, 1.54) is 64.3 Å². The molecule has 0 spiro atoms. The first kappa shape index (κ1) is 17.9. The molecule has 4 aromatic rings. The van der Waals surface area contributed by atoms with Crippen molar-refractivity contribution in [2.75, 3.05) is 0 Å². The molecule has 0 aliphatic rings. The van der Waals surface area contributed by atoms with Gasteiger partial charge in [-0.2, -0.15) is 0 Å². The number of halogens is 2. The third-order valence-electron chi connectivity index (χ3n) is 4.26. The molecule has 9 heteroatoms. The molecule has 1 aromatic carbocycles. The highest BCUT2D eigenvalue weighted by atomic mass is 35.5. The molecule has 0 bridgehead atoms. The number of rotatable bonds is 3. The maximum Gasteiger partial charge on any atom is 0.279 e. The average molecular weight is 399 g/mol. The molecule has 3 aromatic heterocycles. The first-order chi connectivity index (χ1) is 13.5. The number of aromatic hydroxyl groups is 1. The van der Waals surface area contributed by atoms with E-state index in [1.807, 2.05) is 0 Å². The Bertz CT molecular complexity index is 1320. The van der Waals surface area contributed by atoms with Gasteiger partial charge < -0.3 is 14.1 Å². The van der Waals surface area contributed by atoms with Crippen LogP contribution in [0.3, 0.4) is 0 Å². The lowest BCUT2D eigenvalue weighted by Crippen LogP contribution is -2.24. The van der Waals surface area contributed by atoms with E-state index in [9.17, 15) is 19.1 Å². The summed E-state index contributed by atoms with van der Waals surface area (Å²) in [5.74, 6) is -1.24. The van der Waals surface area contributed by atoms with Crippen molar-refractivity contribution in [2.24, 2.45) is 0 Å². The van der Waals surface area contributed by atoms with E-state index >= 15 is 0 Å². The van der Waals surface area contributed by atoms with Crippen LogP contribution in [-0.4, -0.2) is 24.0 Å². The molecule has 0 unspecified atom stereocenters. The van der Waals surface area contributed by atoms with Gasteiger partial charge in [-0.1, -0.05) is 17.7 Å². The molecule has 0 amide bonds. The lowest BCUT2D eigenvalue weighted by atomic mass is 10.2. The zero-order valence-corrected chi connectivity index (χ0v) is 15.0. The minimum Gasteiger partial charge on any atom is -0.503 e. The maximum atomic E-state index is 13.3. The molecule has 1 N–H and O–H groups in total. The summed E-state index contributed by atoms with van der Waals surface area (Å²) in [5.41, 5.74) is -0.486. The Morgan fingerprint density at radius 3 is 2.71 bits per heavy atom. The van der Waals surface area contributed by atoms with Gasteiger partial charge in [-0.05, 0) is 17.7 Å². The monoisotopic (exact) mass is 398 g/mol. The molecule has 0 atom stereocenters. The zero-order valence-electron chi connectivity index (χ0n) is 14.2. The maximum absolute atomic E-state index is 13.3. The molecular weight excluding hydrogens is 387 g/mol. The fourth-order valence-electron chi connectivity index (χ4n) is 2.88. The highest BCUT2D eigenvalue weighted by molar-refractivity contribution is 6.30. The van der Waals surface area contributed by atoms with E-state index in [-0.39, 0.29) is 28.3 Å². The molecule has 0 saturated heterocycles. The van der Waals surface area contributed by atoms with Gasteiger partial charge in [-0.3, -0.25) is 19.6 Å². The van der Waals surface area contributed by atoms with E-state index in [4.69, 9.17) is 11.6 Å². The number of aromatic nitrogens is 4. The molecule has 0 radical (unpaired) electrons. The van der Waals surface area contributed by atoms with Crippen LogP contribution in [0.25, 0.3) is 16.8 Å². The summed E-state index contributed by atoms with van der Waals surface area (Å²) in [5, 5.41) is 10.3. The van der Waals surface area contributed by atoms with Gasteiger partial charge in [-0.15, -0.1) is 0 Å². The summed E-state index contributed by atoms with van der Waals surface area (Å²) in [4.78, 5) is 33.3. The third-order valence-corrected chi connectivity index (χ3v) is 4.55. The number of benzene rings is 1. The van der Waals surface area contributed by atoms with Crippen molar-refractivity contribution in [1.82, 2.24) is 18.9 Å². The predicted molar refractivity (Wildman–Crippen MR) is 101 cm³/mol. The first-order valence-corrected chi connectivity index (χ1v) is 8.51. The molecule has 0 fully saturated rings. The molecule has 3 heterocycles. The summed E-state index contributed by atoms with van der Waals surface area (Å²) in [6, 6.07) is 4.12. The van der Waals surface area contributed by atoms with Gasteiger partial charge in [-0.25, -0.2) is 4.39 Å². The molecule has 28 heavy (non-hydrogen) atoms. The second kappa shape index (κ2) is 6.90. The Morgan fingerprint density at radius 2 is 2.00 bits per heavy atom. The van der Waals surface area contributed by atoms with Gasteiger partial charge in [0.2, 0.25) is 5.43 Å². The van der Waals surface area contributed by atoms with Crippen molar-refractivity contribution >= 4 is 17.1 Å². The van der Waals surface area contributed by atoms with Crippen LogP contribution in [0.2, 0.25) is 5.02 Å². The Labute approximate surface area is 161 Å². The summed E-state index contributed by atoms with van der Waals surface area (Å²) < 4.78 is 16.0. The van der Waals surface area contributed by atoms with Gasteiger partial charge in [0.05, 0.1) is 29.0 Å². The predicted octanol–water partition coefficient (Wildman–Crippen LogP) is 2.46. The molecule has 140 valence electrons. The molecule has 0 aliphatic carbocycles. The minimum absolute atomic E-state index is 0.0565. The van der Waals surface area contributed by atoms with Crippen molar-refractivity contribution < 1.29 is 9.50 Å². The molecule has 7 nitrogen and oxygen atoms in total. The Kier molecular flexibility index (Phi) is 4.40. The van der Waals surface area contributed by atoms with Crippen LogP contribution in [0.5, 0.6) is 5.75 Å². The molecular formula is C19H12ClFN4O3. The molecule has 0 aliphatic heterocycles. The van der Waals surface area contributed by atoms with Crippen molar-refractivity contribution in [3.63, 3.8) is 0 Å². The highest BCUT2D eigenvalue weighted by Gasteiger charge is 2.16. The van der Waals surface area contributed by atoms with Crippen LogP contribution in [0.15, 0.2) is 65.0 Å². The zero-order chi connectivity index (χ0) is 19.8. The quantitative estimate of drug-likeness (QED) is 0.572. The number of hydrogen-bond acceptors (Lipinski definition) is 5. The van der Waals surface area contributed by atoms with Gasteiger partial charge in [0, 0.05) is 31.0 Å². The van der Waals surface area contributed by atoms with Crippen LogP contribution in [0.4, 0.5) is 4.39 Å². The molecule has 0 saturated carbocycles. The Morgan fingerprint density at radius 1 is 1.18 bits per heavy atom. The van der Waals surface area contributed by atoms with Gasteiger partial charge in [0.1, 0.15) is 5.82 Å². The largest absolute Gasteiger partial charge is 0.503 e. The van der Waals surface area contributed by atoms with Crippen molar-refractivity contribution in [1.29, 1.82) is 0 Å². The number of pyridine rings is 1. The summed E-state index contributed by atoms with van der Waals surface area (Å²) in [7, 11) is 0. The second-order valence-electron chi connectivity index (χ2n) is 6.05. The minimum atomic E-state index is -0.722. The van der Waals surface area contributed by atoms with Crippen molar-refractivity contribution in [2.45, 2.75) is 6.54 Å². The number of hydrogen-bond donors (Lipinski definition) is 1. The Hall–Kier alpha value is -3.52. The van der Waals surface area contributed by atoms with Gasteiger partial charge >= 0.3 is 0 Å². The van der Waals surface area contributed by atoms with Crippen LogP contribution in [0.1, 0.15) is 5.56 Å². The fraction of sp³-hybridized carbons (Fsp3) is 0.0526. The summed E-state index contributed by atoms with van der Waals surface area (Å²) >= 11 is 5.78. The van der Waals surface area contributed by atoms with Crippen molar-refractivity contribution in [3.05, 3.63) is 92.4 Å². The SMILES string of the molecule is O=c1c(-c2cnccn2)cn2ccn(Cc3ccc(F)c(Cl)c3)c(=O)c2c1O. The second-order valence-corrected chi connectivity index (χ2v) is 6.45. The van der Waals surface area contributed by atoms with E-state index in [1.54, 1.807) is 0 Å². The van der Waals surface area contributed by atoms with E-state index < -0.39 is 22.6 Å². The normalized spacial score (nSPS) is 11.1. The summed E-state index contributed by atoms with van der Waals surface area (Å²) in [6.07, 6.45) is 8.72. The smallest absolute Gasteiger partial charge is 0.279 e. The average Bonchev–Trinajstić information content (AvgIpc) is 2.70. The van der Waals surface area contributed by atoms with E-state index in [2.05, 4.69) is 9.97 Å². The lowest BCUT2D eigenvalue weighted by Gasteiger charge is -2.11. The van der Waals surface area contributed by atoms with Gasteiger partial charge in [0.25, 0.3) is 5.56 Å². The highest BCUT2D eigenvalue weighted by Crippen LogP contribution is 2.19. The van der Waals surface area contributed by atoms with E-state index in [0.29, 0.717) is 5.56 Å². The third kappa shape index (κ3) is 3.03. The molecule has 4 rings (SSSR count).